The maximum atomic E-state index is 11.7. The smallest absolute Gasteiger partial charge is 0.102 e. The molecule has 0 bridgehead atoms. The van der Waals surface area contributed by atoms with Gasteiger partial charge in [-0.15, -0.1) is 0 Å². The van der Waals surface area contributed by atoms with Crippen molar-refractivity contribution in [1.29, 1.82) is 5.26 Å². The van der Waals surface area contributed by atoms with E-state index in [0.717, 1.165) is 43.4 Å². The molecule has 1 aromatic heterocycles. The Bertz CT molecular complexity index is 888. The molecule has 5 rings (SSSR count). The van der Waals surface area contributed by atoms with Gasteiger partial charge in [0.1, 0.15) is 6.07 Å². The van der Waals surface area contributed by atoms with Crippen LogP contribution in [0.3, 0.4) is 0 Å². The standard InChI is InChI=1S/C27H41N3O2/c1-4-27(32)12-10-20-19(13-27)5-6-22-21(20)9-11-25(2)23(22)7-8-24(25)26(3,31)17-30-16-18(14-28)15-29-30/h15-16,19-24,31-32H,4-13,17H2,1-3H3/t19-,20+,21-,22-,23+,24+,25+,26?,27-/m1/s1. The highest BCUT2D eigenvalue weighted by atomic mass is 16.3. The lowest BCUT2D eigenvalue weighted by molar-refractivity contribution is -0.129. The first-order valence-electron chi connectivity index (χ1n) is 13.1. The van der Waals surface area contributed by atoms with E-state index in [2.05, 4.69) is 25.0 Å². The van der Waals surface area contributed by atoms with E-state index in [1.54, 1.807) is 17.1 Å². The van der Waals surface area contributed by atoms with Crippen LogP contribution in [0.5, 0.6) is 0 Å². The number of rotatable bonds is 4. The fourth-order valence-electron chi connectivity index (χ4n) is 9.25. The van der Waals surface area contributed by atoms with Crippen LogP contribution in [0.25, 0.3) is 0 Å². The first-order valence-corrected chi connectivity index (χ1v) is 13.1. The molecule has 1 unspecified atom stereocenters. The third kappa shape index (κ3) is 3.53. The molecule has 4 aliphatic carbocycles. The second kappa shape index (κ2) is 7.84. The predicted molar refractivity (Wildman–Crippen MR) is 123 cm³/mol. The highest BCUT2D eigenvalue weighted by molar-refractivity contribution is 5.21. The van der Waals surface area contributed by atoms with Gasteiger partial charge in [0, 0.05) is 6.20 Å². The van der Waals surface area contributed by atoms with Gasteiger partial charge in [0.05, 0.1) is 29.5 Å². The summed E-state index contributed by atoms with van der Waals surface area (Å²) in [5.41, 5.74) is -0.501. The lowest BCUT2D eigenvalue weighted by Crippen LogP contribution is -2.53. The molecule has 2 N–H and O–H groups in total. The van der Waals surface area contributed by atoms with E-state index >= 15 is 0 Å². The van der Waals surface area contributed by atoms with Gasteiger partial charge in [-0.2, -0.15) is 10.4 Å². The van der Waals surface area contributed by atoms with Gasteiger partial charge < -0.3 is 10.2 Å². The van der Waals surface area contributed by atoms with Crippen molar-refractivity contribution in [3.8, 4) is 6.07 Å². The Labute approximate surface area is 193 Å². The zero-order chi connectivity index (χ0) is 22.7. The Morgan fingerprint density at radius 1 is 1.16 bits per heavy atom. The van der Waals surface area contributed by atoms with Crippen LogP contribution in [-0.2, 0) is 6.54 Å². The Hall–Kier alpha value is -1.38. The molecule has 4 fully saturated rings. The SMILES string of the molecule is CC[C@@]1(O)CC[C@H]2[C@H](CC[C@@H]3[C@@H]2CC[C@]2(C)[C@@H](C(C)(O)Cn4cc(C#N)cn4)CC[C@@H]32)C1. The van der Waals surface area contributed by atoms with Crippen molar-refractivity contribution < 1.29 is 10.2 Å². The molecule has 4 saturated carbocycles. The summed E-state index contributed by atoms with van der Waals surface area (Å²) in [5.74, 6) is 4.11. The average molecular weight is 440 g/mol. The molecule has 176 valence electrons. The molecule has 0 amide bonds. The monoisotopic (exact) mass is 439 g/mol. The van der Waals surface area contributed by atoms with Crippen molar-refractivity contribution in [3.05, 3.63) is 18.0 Å². The number of aliphatic hydroxyl groups is 2. The molecule has 1 heterocycles. The molecule has 5 heteroatoms. The Morgan fingerprint density at radius 2 is 1.94 bits per heavy atom. The van der Waals surface area contributed by atoms with E-state index in [0.29, 0.717) is 23.9 Å². The molecule has 0 aromatic carbocycles. The van der Waals surface area contributed by atoms with Crippen LogP contribution in [0.2, 0.25) is 0 Å². The Morgan fingerprint density at radius 3 is 2.66 bits per heavy atom. The molecule has 4 aliphatic rings. The highest BCUT2D eigenvalue weighted by Gasteiger charge is 2.60. The van der Waals surface area contributed by atoms with Crippen LogP contribution >= 0.6 is 0 Å². The molecule has 0 saturated heterocycles. The first kappa shape index (κ1) is 22.4. The van der Waals surface area contributed by atoms with E-state index in [4.69, 9.17) is 5.26 Å². The van der Waals surface area contributed by atoms with Gasteiger partial charge in [-0.05, 0) is 112 Å². The summed E-state index contributed by atoms with van der Waals surface area (Å²) in [6.07, 6.45) is 14.9. The van der Waals surface area contributed by atoms with E-state index < -0.39 is 11.2 Å². The summed E-state index contributed by atoms with van der Waals surface area (Å²) in [5, 5.41) is 36.0. The minimum absolute atomic E-state index is 0.182. The molecular formula is C27H41N3O2. The lowest BCUT2D eigenvalue weighted by Gasteiger charge is -2.58. The van der Waals surface area contributed by atoms with Crippen molar-refractivity contribution >= 4 is 0 Å². The van der Waals surface area contributed by atoms with Gasteiger partial charge in [0.25, 0.3) is 0 Å². The van der Waals surface area contributed by atoms with Gasteiger partial charge in [0.15, 0.2) is 0 Å². The third-order valence-electron chi connectivity index (χ3n) is 10.8. The van der Waals surface area contributed by atoms with E-state index in [-0.39, 0.29) is 11.3 Å². The maximum Gasteiger partial charge on any atom is 0.102 e. The minimum Gasteiger partial charge on any atom is -0.390 e. The maximum absolute atomic E-state index is 11.7. The van der Waals surface area contributed by atoms with Crippen LogP contribution in [0.1, 0.15) is 90.5 Å². The number of nitrogens with zero attached hydrogens (tertiary/aromatic N) is 3. The van der Waals surface area contributed by atoms with Gasteiger partial charge in [0.2, 0.25) is 0 Å². The van der Waals surface area contributed by atoms with Gasteiger partial charge in [-0.1, -0.05) is 13.8 Å². The Balaban J connectivity index is 1.32. The van der Waals surface area contributed by atoms with Crippen LogP contribution in [0.15, 0.2) is 12.4 Å². The number of hydrogen-bond acceptors (Lipinski definition) is 4. The molecule has 0 spiro atoms. The van der Waals surface area contributed by atoms with Crippen LogP contribution < -0.4 is 0 Å². The van der Waals surface area contributed by atoms with E-state index in [1.165, 1.54) is 38.5 Å². The van der Waals surface area contributed by atoms with Crippen molar-refractivity contribution in [2.24, 2.45) is 40.9 Å². The number of fused-ring (bicyclic) bond motifs is 5. The van der Waals surface area contributed by atoms with Crippen LogP contribution in [0.4, 0.5) is 0 Å². The fraction of sp³-hybridized carbons (Fsp3) is 0.852. The lowest BCUT2D eigenvalue weighted by atomic mass is 9.48. The topological polar surface area (TPSA) is 82.1 Å². The molecule has 0 radical (unpaired) electrons. The summed E-state index contributed by atoms with van der Waals surface area (Å²) in [6.45, 7) is 7.06. The molecule has 5 nitrogen and oxygen atoms in total. The van der Waals surface area contributed by atoms with Crippen molar-refractivity contribution in [2.75, 3.05) is 0 Å². The summed E-state index contributed by atoms with van der Waals surface area (Å²) in [7, 11) is 0. The van der Waals surface area contributed by atoms with Gasteiger partial charge >= 0.3 is 0 Å². The molecule has 1 aromatic rings. The van der Waals surface area contributed by atoms with Crippen LogP contribution in [0, 0.1) is 52.3 Å². The zero-order valence-corrected chi connectivity index (χ0v) is 20.1. The van der Waals surface area contributed by atoms with Crippen molar-refractivity contribution in [1.82, 2.24) is 9.78 Å². The summed E-state index contributed by atoms with van der Waals surface area (Å²) in [4.78, 5) is 0. The third-order valence-corrected chi connectivity index (χ3v) is 10.8. The quantitative estimate of drug-likeness (QED) is 0.698. The molecule has 32 heavy (non-hydrogen) atoms. The molecule has 9 atom stereocenters. The van der Waals surface area contributed by atoms with Gasteiger partial charge in [-0.3, -0.25) is 4.68 Å². The second-order valence-corrected chi connectivity index (χ2v) is 12.3. The largest absolute Gasteiger partial charge is 0.390 e. The molecule has 0 aliphatic heterocycles. The number of nitriles is 1. The van der Waals surface area contributed by atoms with Crippen molar-refractivity contribution in [3.63, 3.8) is 0 Å². The zero-order valence-electron chi connectivity index (χ0n) is 20.1. The Kier molecular flexibility index (Phi) is 5.49. The van der Waals surface area contributed by atoms with E-state index in [9.17, 15) is 10.2 Å². The average Bonchev–Trinajstić information content (AvgIpc) is 3.36. The minimum atomic E-state index is -0.825. The summed E-state index contributed by atoms with van der Waals surface area (Å²) in [6, 6.07) is 2.14. The summed E-state index contributed by atoms with van der Waals surface area (Å²) < 4.78 is 1.75. The van der Waals surface area contributed by atoms with Crippen molar-refractivity contribution in [2.45, 2.75) is 103 Å². The fourth-order valence-corrected chi connectivity index (χ4v) is 9.25. The van der Waals surface area contributed by atoms with E-state index in [1.807, 2.05) is 6.92 Å². The second-order valence-electron chi connectivity index (χ2n) is 12.3. The van der Waals surface area contributed by atoms with Gasteiger partial charge in [-0.25, -0.2) is 0 Å². The number of aromatic nitrogens is 2. The number of hydrogen-bond donors (Lipinski definition) is 2. The highest BCUT2D eigenvalue weighted by Crippen LogP contribution is 2.66. The predicted octanol–water partition coefficient (Wildman–Crippen LogP) is 4.92. The normalized spacial score (nSPS) is 45.2. The molecular weight excluding hydrogens is 398 g/mol. The summed E-state index contributed by atoms with van der Waals surface area (Å²) >= 11 is 0. The van der Waals surface area contributed by atoms with Crippen LogP contribution in [-0.4, -0.2) is 31.2 Å². The first-order chi connectivity index (χ1) is 15.2.